The number of hydrogen-bond donors (Lipinski definition) is 0. The van der Waals surface area contributed by atoms with Crippen molar-refractivity contribution in [3.05, 3.63) is 0 Å². The Morgan fingerprint density at radius 2 is 0.527 bits per heavy atom. The summed E-state index contributed by atoms with van der Waals surface area (Å²) in [5.74, 6) is 1.57. The number of unbranched alkanes of at least 4 members (excludes halogenated alkanes) is 25. The second-order valence-corrected chi connectivity index (χ2v) is 18.2. The Kier molecular flexibility index (Phi) is 39.4. The predicted molar refractivity (Wildman–Crippen MR) is 233 cm³/mol. The first-order chi connectivity index (χ1) is 26.6. The topological polar surface area (TPSA) is 78.9 Å². The van der Waals surface area contributed by atoms with Crippen LogP contribution in [0.1, 0.15) is 260 Å². The Hall–Kier alpha value is -1.59. The van der Waals surface area contributed by atoms with Gasteiger partial charge in [0.2, 0.25) is 0 Å². The van der Waals surface area contributed by atoms with Crippen molar-refractivity contribution in [2.75, 3.05) is 13.2 Å². The van der Waals surface area contributed by atoms with Crippen LogP contribution in [0.2, 0.25) is 0 Å². The van der Waals surface area contributed by atoms with Crippen molar-refractivity contribution in [1.82, 2.24) is 0 Å². The van der Waals surface area contributed by atoms with Crippen LogP contribution in [0.3, 0.4) is 0 Å². The quantitative estimate of drug-likeness (QED) is 0.0349. The van der Waals surface area contributed by atoms with Gasteiger partial charge >= 0.3 is 17.9 Å². The summed E-state index contributed by atoms with van der Waals surface area (Å²) in [5.41, 5.74) is 0. The third kappa shape index (κ3) is 43.4. The molecule has 0 fully saturated rings. The van der Waals surface area contributed by atoms with Crippen LogP contribution in [0.15, 0.2) is 0 Å². The molecule has 6 nitrogen and oxygen atoms in total. The van der Waals surface area contributed by atoms with Crippen molar-refractivity contribution in [2.24, 2.45) is 17.8 Å². The summed E-state index contributed by atoms with van der Waals surface area (Å²) in [5, 5.41) is 0. The van der Waals surface area contributed by atoms with Gasteiger partial charge < -0.3 is 14.2 Å². The Labute approximate surface area is 342 Å². The third-order valence-electron chi connectivity index (χ3n) is 10.9. The maximum atomic E-state index is 12.7. The fraction of sp³-hybridized carbons (Fsp3) is 0.939. The van der Waals surface area contributed by atoms with Gasteiger partial charge in [0.1, 0.15) is 13.2 Å². The zero-order valence-electron chi connectivity index (χ0n) is 37.7. The molecule has 0 aromatic carbocycles. The molecule has 0 aliphatic carbocycles. The number of esters is 3. The molecule has 0 N–H and O–H groups in total. The molecule has 0 rings (SSSR count). The first-order valence-electron chi connectivity index (χ1n) is 24.1. The molecular weight excluding hydrogens is 685 g/mol. The van der Waals surface area contributed by atoms with Gasteiger partial charge in [-0.25, -0.2) is 0 Å². The van der Waals surface area contributed by atoms with Crippen LogP contribution in [0.5, 0.6) is 0 Å². The van der Waals surface area contributed by atoms with Gasteiger partial charge in [0.25, 0.3) is 0 Å². The summed E-state index contributed by atoms with van der Waals surface area (Å²) < 4.78 is 16.8. The van der Waals surface area contributed by atoms with E-state index in [0.717, 1.165) is 75.5 Å². The normalized spacial score (nSPS) is 12.2. The molecule has 0 heterocycles. The number of carbonyl (C=O) groups excluding carboxylic acids is 3. The Morgan fingerprint density at radius 1 is 0.309 bits per heavy atom. The molecule has 55 heavy (non-hydrogen) atoms. The van der Waals surface area contributed by atoms with Gasteiger partial charge in [-0.05, 0) is 37.0 Å². The van der Waals surface area contributed by atoms with E-state index in [9.17, 15) is 14.4 Å². The van der Waals surface area contributed by atoms with Crippen LogP contribution < -0.4 is 0 Å². The fourth-order valence-corrected chi connectivity index (χ4v) is 7.23. The lowest BCUT2D eigenvalue weighted by molar-refractivity contribution is -0.167. The van der Waals surface area contributed by atoms with E-state index in [1.165, 1.54) is 141 Å². The lowest BCUT2D eigenvalue weighted by atomic mass is 10.0. The number of rotatable bonds is 42. The second kappa shape index (κ2) is 40.6. The Bertz CT molecular complexity index is 852. The molecule has 0 spiro atoms. The summed E-state index contributed by atoms with van der Waals surface area (Å²) in [7, 11) is 0. The first kappa shape index (κ1) is 53.4. The predicted octanol–water partition coefficient (Wildman–Crippen LogP) is 15.2. The monoisotopic (exact) mass is 779 g/mol. The molecule has 6 heteroatoms. The van der Waals surface area contributed by atoms with E-state index in [4.69, 9.17) is 14.2 Å². The average molecular weight is 779 g/mol. The molecule has 0 saturated heterocycles. The van der Waals surface area contributed by atoms with Gasteiger partial charge in [-0.1, -0.05) is 221 Å². The van der Waals surface area contributed by atoms with E-state index in [1.54, 1.807) is 0 Å². The maximum Gasteiger partial charge on any atom is 0.306 e. The van der Waals surface area contributed by atoms with Crippen LogP contribution in [0.25, 0.3) is 0 Å². The molecule has 1 atom stereocenters. The standard InChI is InChI=1S/C49H94O6/c1-43(2)35-29-23-17-11-8-7-9-13-22-28-34-40-49(52)55-46(42-54-48(51)39-33-27-21-16-15-19-25-31-37-45(5)6)41-53-47(50)38-32-26-20-14-10-12-18-24-30-36-44(3)4/h43-46H,7-42H2,1-6H3/t46-/m1/s1. The molecule has 0 bridgehead atoms. The minimum Gasteiger partial charge on any atom is -0.462 e. The largest absolute Gasteiger partial charge is 0.462 e. The van der Waals surface area contributed by atoms with Crippen LogP contribution in [-0.2, 0) is 28.6 Å². The van der Waals surface area contributed by atoms with Crippen LogP contribution >= 0.6 is 0 Å². The van der Waals surface area contributed by atoms with Crippen molar-refractivity contribution >= 4 is 17.9 Å². The van der Waals surface area contributed by atoms with Crippen LogP contribution in [0, 0.1) is 17.8 Å². The zero-order valence-corrected chi connectivity index (χ0v) is 37.7. The molecule has 0 unspecified atom stereocenters. The van der Waals surface area contributed by atoms with Gasteiger partial charge in [0, 0.05) is 19.3 Å². The number of ether oxygens (including phenoxy) is 3. The van der Waals surface area contributed by atoms with Crippen molar-refractivity contribution in [3.8, 4) is 0 Å². The fourth-order valence-electron chi connectivity index (χ4n) is 7.23. The molecule has 0 aromatic heterocycles. The number of hydrogen-bond acceptors (Lipinski definition) is 6. The maximum absolute atomic E-state index is 12.7. The molecule has 0 aromatic rings. The highest BCUT2D eigenvalue weighted by Crippen LogP contribution is 2.17. The second-order valence-electron chi connectivity index (χ2n) is 18.2. The molecule has 0 radical (unpaired) electrons. The summed E-state index contributed by atoms with van der Waals surface area (Å²) in [4.78, 5) is 37.8. The summed E-state index contributed by atoms with van der Waals surface area (Å²) in [6.07, 6.45) is 38.1. The van der Waals surface area contributed by atoms with Crippen LogP contribution in [0.4, 0.5) is 0 Å². The highest BCUT2D eigenvalue weighted by Gasteiger charge is 2.19. The Morgan fingerprint density at radius 3 is 0.782 bits per heavy atom. The van der Waals surface area contributed by atoms with E-state index in [-0.39, 0.29) is 31.1 Å². The molecule has 326 valence electrons. The van der Waals surface area contributed by atoms with E-state index in [0.29, 0.717) is 19.3 Å². The minimum atomic E-state index is -0.762. The van der Waals surface area contributed by atoms with Crippen molar-refractivity contribution in [3.63, 3.8) is 0 Å². The van der Waals surface area contributed by atoms with E-state index in [1.807, 2.05) is 0 Å². The van der Waals surface area contributed by atoms with E-state index < -0.39 is 6.10 Å². The Balaban J connectivity index is 4.34. The third-order valence-corrected chi connectivity index (χ3v) is 10.9. The van der Waals surface area contributed by atoms with Gasteiger partial charge in [-0.2, -0.15) is 0 Å². The molecule has 0 aliphatic heterocycles. The van der Waals surface area contributed by atoms with E-state index in [2.05, 4.69) is 41.5 Å². The first-order valence-corrected chi connectivity index (χ1v) is 24.1. The molecule has 0 aliphatic rings. The minimum absolute atomic E-state index is 0.0659. The van der Waals surface area contributed by atoms with Crippen molar-refractivity contribution in [2.45, 2.75) is 266 Å². The molecular formula is C49H94O6. The lowest BCUT2D eigenvalue weighted by Gasteiger charge is -2.18. The number of carbonyl (C=O) groups is 3. The average Bonchev–Trinajstić information content (AvgIpc) is 3.13. The van der Waals surface area contributed by atoms with Gasteiger partial charge in [-0.3, -0.25) is 14.4 Å². The van der Waals surface area contributed by atoms with Crippen molar-refractivity contribution in [1.29, 1.82) is 0 Å². The summed E-state index contributed by atoms with van der Waals surface area (Å²) in [6.45, 7) is 13.6. The van der Waals surface area contributed by atoms with Crippen LogP contribution in [-0.4, -0.2) is 37.2 Å². The van der Waals surface area contributed by atoms with Gasteiger partial charge in [-0.15, -0.1) is 0 Å². The molecule has 0 amide bonds. The summed E-state index contributed by atoms with van der Waals surface area (Å²) >= 11 is 0. The van der Waals surface area contributed by atoms with Crippen molar-refractivity contribution < 1.29 is 28.6 Å². The highest BCUT2D eigenvalue weighted by molar-refractivity contribution is 5.71. The summed E-state index contributed by atoms with van der Waals surface area (Å²) in [6, 6.07) is 0. The van der Waals surface area contributed by atoms with E-state index >= 15 is 0 Å². The molecule has 0 saturated carbocycles. The van der Waals surface area contributed by atoms with Gasteiger partial charge in [0.15, 0.2) is 6.10 Å². The SMILES string of the molecule is CC(C)CCCCCCCCCCCCCC(=O)O[C@H](COC(=O)CCCCCCCCCCCC(C)C)COC(=O)CCCCCCCCCCC(C)C. The lowest BCUT2D eigenvalue weighted by Crippen LogP contribution is -2.30. The van der Waals surface area contributed by atoms with Gasteiger partial charge in [0.05, 0.1) is 0 Å². The smallest absolute Gasteiger partial charge is 0.306 e. The zero-order chi connectivity index (χ0) is 40.6. The highest BCUT2D eigenvalue weighted by atomic mass is 16.6.